The van der Waals surface area contributed by atoms with E-state index in [1.165, 1.54) is 18.3 Å². The van der Waals surface area contributed by atoms with Crippen molar-refractivity contribution in [1.82, 2.24) is 4.98 Å². The molecule has 8 heteroatoms. The van der Waals surface area contributed by atoms with Crippen LogP contribution in [0.25, 0.3) is 0 Å². The lowest BCUT2D eigenvalue weighted by Crippen LogP contribution is -2.24. The number of nitrogens with one attached hydrogen (secondary N) is 2. The number of esters is 1. The summed E-state index contributed by atoms with van der Waals surface area (Å²) in [5.41, 5.74) is -0.558. The van der Waals surface area contributed by atoms with Crippen LogP contribution in [0.2, 0.25) is 10.0 Å². The van der Waals surface area contributed by atoms with Crippen molar-refractivity contribution in [2.75, 3.05) is 11.9 Å². The minimum Gasteiger partial charge on any atom is -0.452 e. The van der Waals surface area contributed by atoms with Crippen LogP contribution in [0.15, 0.2) is 41.3 Å². The maximum atomic E-state index is 11.7. The first-order valence-electron chi connectivity index (χ1n) is 6.07. The standard InChI is InChI=1S/C14H10Cl2N2O4/c15-9-4-1-5-10(16)12(9)18-11(19)7-22-14(21)8-3-2-6-17-13(8)20/h1-6H,7H2,(H,17,20)(H,18,19). The molecule has 0 bridgehead atoms. The highest BCUT2D eigenvalue weighted by atomic mass is 35.5. The van der Waals surface area contributed by atoms with Crippen LogP contribution in [0.4, 0.5) is 5.69 Å². The maximum absolute atomic E-state index is 11.7. The minimum atomic E-state index is -0.901. The summed E-state index contributed by atoms with van der Waals surface area (Å²) < 4.78 is 4.77. The van der Waals surface area contributed by atoms with E-state index >= 15 is 0 Å². The summed E-state index contributed by atoms with van der Waals surface area (Å²) in [4.78, 5) is 37.2. The van der Waals surface area contributed by atoms with Crippen molar-refractivity contribution >= 4 is 40.8 Å². The van der Waals surface area contributed by atoms with Gasteiger partial charge in [-0.3, -0.25) is 9.59 Å². The maximum Gasteiger partial charge on any atom is 0.344 e. The summed E-state index contributed by atoms with van der Waals surface area (Å²) in [6.45, 7) is -0.575. The van der Waals surface area contributed by atoms with Crippen LogP contribution in [0.1, 0.15) is 10.4 Å². The van der Waals surface area contributed by atoms with Crippen molar-refractivity contribution in [3.63, 3.8) is 0 Å². The number of benzene rings is 1. The molecule has 0 aliphatic rings. The third-order valence-electron chi connectivity index (χ3n) is 2.60. The first kappa shape index (κ1) is 16.1. The van der Waals surface area contributed by atoms with Gasteiger partial charge >= 0.3 is 5.97 Å². The number of H-pyrrole nitrogens is 1. The van der Waals surface area contributed by atoms with Gasteiger partial charge in [-0.2, -0.15) is 0 Å². The zero-order chi connectivity index (χ0) is 16.1. The Labute approximate surface area is 135 Å². The number of amides is 1. The molecule has 0 saturated carbocycles. The van der Waals surface area contributed by atoms with Crippen molar-refractivity contribution in [1.29, 1.82) is 0 Å². The first-order chi connectivity index (χ1) is 10.5. The molecule has 0 spiro atoms. The number of halogens is 2. The number of hydrogen-bond donors (Lipinski definition) is 2. The number of carbonyl (C=O) groups is 2. The Morgan fingerprint density at radius 1 is 1.14 bits per heavy atom. The summed E-state index contributed by atoms with van der Waals surface area (Å²) in [5.74, 6) is -1.53. The highest BCUT2D eigenvalue weighted by molar-refractivity contribution is 6.39. The SMILES string of the molecule is O=C(COC(=O)c1ccc[nH]c1=O)Nc1c(Cl)cccc1Cl. The largest absolute Gasteiger partial charge is 0.452 e. The van der Waals surface area contributed by atoms with E-state index in [2.05, 4.69) is 10.3 Å². The van der Waals surface area contributed by atoms with E-state index in [-0.39, 0.29) is 21.3 Å². The monoisotopic (exact) mass is 340 g/mol. The van der Waals surface area contributed by atoms with Crippen LogP contribution in [0, 0.1) is 0 Å². The van der Waals surface area contributed by atoms with E-state index in [4.69, 9.17) is 27.9 Å². The van der Waals surface area contributed by atoms with Gasteiger partial charge < -0.3 is 15.0 Å². The highest BCUT2D eigenvalue weighted by Crippen LogP contribution is 2.29. The number of ether oxygens (including phenoxy) is 1. The van der Waals surface area contributed by atoms with Gasteiger partial charge in [-0.15, -0.1) is 0 Å². The van der Waals surface area contributed by atoms with E-state index in [1.807, 2.05) is 0 Å². The molecule has 0 aliphatic heterocycles. The molecular weight excluding hydrogens is 331 g/mol. The fraction of sp³-hybridized carbons (Fsp3) is 0.0714. The lowest BCUT2D eigenvalue weighted by molar-refractivity contribution is -0.119. The fourth-order valence-corrected chi connectivity index (χ4v) is 2.08. The Balaban J connectivity index is 1.98. The Hall–Kier alpha value is -2.31. The zero-order valence-corrected chi connectivity index (χ0v) is 12.6. The molecule has 1 heterocycles. The van der Waals surface area contributed by atoms with Crippen LogP contribution >= 0.6 is 23.2 Å². The van der Waals surface area contributed by atoms with Crippen molar-refractivity contribution in [2.45, 2.75) is 0 Å². The minimum absolute atomic E-state index is 0.189. The van der Waals surface area contributed by atoms with Crippen molar-refractivity contribution in [3.05, 3.63) is 62.5 Å². The number of carbonyl (C=O) groups excluding carboxylic acids is 2. The Kier molecular flexibility index (Phi) is 5.19. The van der Waals surface area contributed by atoms with Crippen LogP contribution in [0.3, 0.4) is 0 Å². The third kappa shape index (κ3) is 3.87. The first-order valence-corrected chi connectivity index (χ1v) is 6.83. The molecule has 1 amide bonds. The number of rotatable bonds is 4. The smallest absolute Gasteiger partial charge is 0.344 e. The van der Waals surface area contributed by atoms with Crippen LogP contribution in [0.5, 0.6) is 0 Å². The highest BCUT2D eigenvalue weighted by Gasteiger charge is 2.15. The average Bonchev–Trinajstić information content (AvgIpc) is 2.49. The fourth-order valence-electron chi connectivity index (χ4n) is 1.58. The van der Waals surface area contributed by atoms with Crippen molar-refractivity contribution in [2.24, 2.45) is 0 Å². The van der Waals surface area contributed by atoms with Gasteiger partial charge in [-0.25, -0.2) is 4.79 Å². The van der Waals surface area contributed by atoms with Gasteiger partial charge in [0.1, 0.15) is 5.56 Å². The predicted molar refractivity (Wildman–Crippen MR) is 82.4 cm³/mol. The Bertz CT molecular complexity index is 753. The molecule has 0 unspecified atom stereocenters. The number of pyridine rings is 1. The van der Waals surface area contributed by atoms with E-state index in [0.29, 0.717) is 0 Å². The van der Waals surface area contributed by atoms with Gasteiger partial charge in [-0.05, 0) is 24.3 Å². The second-order valence-electron chi connectivity index (χ2n) is 4.13. The Morgan fingerprint density at radius 2 is 1.82 bits per heavy atom. The summed E-state index contributed by atoms with van der Waals surface area (Å²) in [7, 11) is 0. The summed E-state index contributed by atoms with van der Waals surface area (Å²) in [6.07, 6.45) is 1.38. The molecule has 6 nitrogen and oxygen atoms in total. The molecule has 0 aliphatic carbocycles. The van der Waals surface area contributed by atoms with Crippen LogP contribution < -0.4 is 10.9 Å². The number of anilines is 1. The summed E-state index contributed by atoms with van der Waals surface area (Å²) in [5, 5.41) is 2.95. The summed E-state index contributed by atoms with van der Waals surface area (Å²) >= 11 is 11.8. The van der Waals surface area contributed by atoms with Gasteiger partial charge in [0.25, 0.3) is 11.5 Å². The molecule has 2 aromatic rings. The molecule has 0 saturated heterocycles. The lowest BCUT2D eigenvalue weighted by Gasteiger charge is -2.09. The Morgan fingerprint density at radius 3 is 2.45 bits per heavy atom. The van der Waals surface area contributed by atoms with Gasteiger partial charge in [0.15, 0.2) is 6.61 Å². The second-order valence-corrected chi connectivity index (χ2v) is 4.95. The molecule has 22 heavy (non-hydrogen) atoms. The van der Waals surface area contributed by atoms with Crippen LogP contribution in [-0.2, 0) is 9.53 Å². The molecule has 2 N–H and O–H groups in total. The molecule has 0 atom stereocenters. The van der Waals surface area contributed by atoms with Gasteiger partial charge in [0.2, 0.25) is 0 Å². The second kappa shape index (κ2) is 7.11. The van der Waals surface area contributed by atoms with Crippen molar-refractivity contribution < 1.29 is 14.3 Å². The predicted octanol–water partition coefficient (Wildman–Crippen LogP) is 2.48. The van der Waals surface area contributed by atoms with Crippen LogP contribution in [-0.4, -0.2) is 23.5 Å². The molecule has 0 fully saturated rings. The number of aromatic amines is 1. The van der Waals surface area contributed by atoms with E-state index in [1.54, 1.807) is 18.2 Å². The summed E-state index contributed by atoms with van der Waals surface area (Å²) in [6, 6.07) is 7.50. The van der Waals surface area contributed by atoms with E-state index in [9.17, 15) is 14.4 Å². The topological polar surface area (TPSA) is 88.3 Å². The van der Waals surface area contributed by atoms with Crippen molar-refractivity contribution in [3.8, 4) is 0 Å². The van der Waals surface area contributed by atoms with Gasteiger partial charge in [-0.1, -0.05) is 29.3 Å². The number of aromatic nitrogens is 1. The third-order valence-corrected chi connectivity index (χ3v) is 3.23. The van der Waals surface area contributed by atoms with Gasteiger partial charge in [0.05, 0.1) is 15.7 Å². The number of para-hydroxylation sites is 1. The molecular formula is C14H10Cl2N2O4. The van der Waals surface area contributed by atoms with E-state index in [0.717, 1.165) is 0 Å². The quantitative estimate of drug-likeness (QED) is 0.837. The molecule has 114 valence electrons. The normalized spacial score (nSPS) is 10.1. The molecule has 1 aromatic carbocycles. The van der Waals surface area contributed by atoms with Gasteiger partial charge in [0, 0.05) is 6.20 Å². The molecule has 2 rings (SSSR count). The molecule has 0 radical (unpaired) electrons. The average molecular weight is 341 g/mol. The lowest BCUT2D eigenvalue weighted by atomic mass is 10.3. The zero-order valence-electron chi connectivity index (χ0n) is 11.1. The molecule has 1 aromatic heterocycles. The van der Waals surface area contributed by atoms with E-state index < -0.39 is 24.0 Å². The number of hydrogen-bond acceptors (Lipinski definition) is 4.